The minimum absolute atomic E-state index is 0.277. The maximum absolute atomic E-state index is 12.7. The first-order valence-corrected chi connectivity index (χ1v) is 10.3. The summed E-state index contributed by atoms with van der Waals surface area (Å²) in [5, 5.41) is 0. The van der Waals surface area contributed by atoms with Gasteiger partial charge in [-0.15, -0.1) is 0 Å². The molecular formula is C24H29N3O. The molecule has 1 amide bonds. The fourth-order valence-electron chi connectivity index (χ4n) is 4.06. The normalized spacial score (nSPS) is 18.4. The molecule has 1 saturated heterocycles. The number of carbonyl (C=O) groups is 1. The molecule has 4 heteroatoms. The van der Waals surface area contributed by atoms with Gasteiger partial charge < -0.3 is 4.90 Å². The third kappa shape index (κ3) is 4.89. The average Bonchev–Trinajstić information content (AvgIpc) is 2.75. The molecule has 4 rings (SSSR count). The second-order valence-corrected chi connectivity index (χ2v) is 7.72. The Kier molecular flexibility index (Phi) is 6.20. The SMILES string of the molecule is O=C(CN1CCc2ccccc2C1)N1CCN(C/C=C/c2ccccc2)CC1. The molecule has 0 unspecified atom stereocenters. The Morgan fingerprint density at radius 2 is 1.54 bits per heavy atom. The minimum Gasteiger partial charge on any atom is -0.339 e. The summed E-state index contributed by atoms with van der Waals surface area (Å²) in [4.78, 5) is 19.5. The zero-order valence-corrected chi connectivity index (χ0v) is 16.5. The lowest BCUT2D eigenvalue weighted by atomic mass is 10.00. The average molecular weight is 376 g/mol. The molecule has 0 bridgehead atoms. The predicted octanol–water partition coefficient (Wildman–Crippen LogP) is 2.90. The van der Waals surface area contributed by atoms with Crippen LogP contribution in [-0.4, -0.2) is 66.4 Å². The van der Waals surface area contributed by atoms with E-state index in [2.05, 4.69) is 70.5 Å². The first-order chi connectivity index (χ1) is 13.8. The van der Waals surface area contributed by atoms with Crippen LogP contribution in [-0.2, 0) is 17.8 Å². The third-order valence-corrected chi connectivity index (χ3v) is 5.77. The van der Waals surface area contributed by atoms with E-state index in [1.807, 2.05) is 11.0 Å². The highest BCUT2D eigenvalue weighted by Gasteiger charge is 2.24. The van der Waals surface area contributed by atoms with Crippen LogP contribution < -0.4 is 0 Å². The Morgan fingerprint density at radius 1 is 0.821 bits per heavy atom. The number of nitrogens with zero attached hydrogens (tertiary/aromatic N) is 3. The van der Waals surface area contributed by atoms with Gasteiger partial charge in [-0.2, -0.15) is 0 Å². The number of carbonyl (C=O) groups excluding carboxylic acids is 1. The van der Waals surface area contributed by atoms with Crippen LogP contribution in [0.25, 0.3) is 6.08 Å². The van der Waals surface area contributed by atoms with Crippen LogP contribution >= 0.6 is 0 Å². The van der Waals surface area contributed by atoms with Gasteiger partial charge in [0.1, 0.15) is 0 Å². The molecule has 28 heavy (non-hydrogen) atoms. The van der Waals surface area contributed by atoms with Crippen LogP contribution in [0.15, 0.2) is 60.7 Å². The molecule has 0 radical (unpaired) electrons. The summed E-state index contributed by atoms with van der Waals surface area (Å²) in [6.07, 6.45) is 5.44. The minimum atomic E-state index is 0.277. The summed E-state index contributed by atoms with van der Waals surface area (Å²) in [6, 6.07) is 19.0. The first kappa shape index (κ1) is 18.9. The fraction of sp³-hybridized carbons (Fsp3) is 0.375. The first-order valence-electron chi connectivity index (χ1n) is 10.3. The van der Waals surface area contributed by atoms with E-state index in [1.165, 1.54) is 16.7 Å². The van der Waals surface area contributed by atoms with E-state index in [-0.39, 0.29) is 5.91 Å². The quantitative estimate of drug-likeness (QED) is 0.804. The van der Waals surface area contributed by atoms with E-state index >= 15 is 0 Å². The van der Waals surface area contributed by atoms with Gasteiger partial charge in [0.2, 0.25) is 5.91 Å². The van der Waals surface area contributed by atoms with Crippen molar-refractivity contribution in [3.8, 4) is 0 Å². The number of benzene rings is 2. The molecule has 2 aliphatic rings. The van der Waals surface area contributed by atoms with Crippen molar-refractivity contribution < 1.29 is 4.79 Å². The molecule has 2 aliphatic heterocycles. The van der Waals surface area contributed by atoms with Crippen LogP contribution in [0.5, 0.6) is 0 Å². The highest BCUT2D eigenvalue weighted by atomic mass is 16.2. The molecule has 0 atom stereocenters. The third-order valence-electron chi connectivity index (χ3n) is 5.77. The van der Waals surface area contributed by atoms with Crippen molar-refractivity contribution in [2.75, 3.05) is 45.8 Å². The maximum Gasteiger partial charge on any atom is 0.236 e. The van der Waals surface area contributed by atoms with Gasteiger partial charge in [0.25, 0.3) is 0 Å². The highest BCUT2D eigenvalue weighted by Crippen LogP contribution is 2.18. The molecule has 0 aliphatic carbocycles. The molecule has 2 aromatic carbocycles. The molecule has 2 aromatic rings. The molecule has 0 saturated carbocycles. The summed E-state index contributed by atoms with van der Waals surface area (Å²) >= 11 is 0. The van der Waals surface area contributed by atoms with E-state index in [0.29, 0.717) is 6.54 Å². The Bertz CT molecular complexity index is 810. The Labute approximate surface area is 168 Å². The Balaban J connectivity index is 1.21. The summed E-state index contributed by atoms with van der Waals surface area (Å²) in [5.41, 5.74) is 4.04. The molecule has 0 aromatic heterocycles. The highest BCUT2D eigenvalue weighted by molar-refractivity contribution is 5.78. The van der Waals surface area contributed by atoms with Crippen molar-refractivity contribution in [1.29, 1.82) is 0 Å². The van der Waals surface area contributed by atoms with Crippen molar-refractivity contribution in [3.63, 3.8) is 0 Å². The summed E-state index contributed by atoms with van der Waals surface area (Å²) in [5.74, 6) is 0.277. The smallest absolute Gasteiger partial charge is 0.236 e. The van der Waals surface area contributed by atoms with Crippen LogP contribution in [0.2, 0.25) is 0 Å². The maximum atomic E-state index is 12.7. The van der Waals surface area contributed by atoms with Crippen molar-refractivity contribution in [1.82, 2.24) is 14.7 Å². The molecule has 4 nitrogen and oxygen atoms in total. The lowest BCUT2D eigenvalue weighted by Crippen LogP contribution is -2.51. The van der Waals surface area contributed by atoms with Gasteiger partial charge in [0.15, 0.2) is 0 Å². The zero-order valence-electron chi connectivity index (χ0n) is 16.5. The van der Waals surface area contributed by atoms with Crippen molar-refractivity contribution in [3.05, 3.63) is 77.4 Å². The molecular weight excluding hydrogens is 346 g/mol. The van der Waals surface area contributed by atoms with Gasteiger partial charge in [-0.25, -0.2) is 0 Å². The van der Waals surface area contributed by atoms with Gasteiger partial charge in [-0.1, -0.05) is 66.7 Å². The number of amides is 1. The molecule has 1 fully saturated rings. The summed E-state index contributed by atoms with van der Waals surface area (Å²) in [7, 11) is 0. The van der Waals surface area contributed by atoms with Crippen LogP contribution in [0.1, 0.15) is 16.7 Å². The number of piperazine rings is 1. The summed E-state index contributed by atoms with van der Waals surface area (Å²) < 4.78 is 0. The summed E-state index contributed by atoms with van der Waals surface area (Å²) in [6.45, 7) is 6.94. The largest absolute Gasteiger partial charge is 0.339 e. The van der Waals surface area contributed by atoms with Crippen LogP contribution in [0, 0.1) is 0 Å². The Morgan fingerprint density at radius 3 is 2.32 bits per heavy atom. The monoisotopic (exact) mass is 375 g/mol. The lowest BCUT2D eigenvalue weighted by molar-refractivity contribution is -0.134. The molecule has 0 spiro atoms. The molecule has 0 N–H and O–H groups in total. The topological polar surface area (TPSA) is 26.8 Å². The van der Waals surface area contributed by atoms with E-state index in [4.69, 9.17) is 0 Å². The number of hydrogen-bond donors (Lipinski definition) is 0. The van der Waals surface area contributed by atoms with Crippen LogP contribution in [0.3, 0.4) is 0 Å². The van der Waals surface area contributed by atoms with E-state index < -0.39 is 0 Å². The van der Waals surface area contributed by atoms with E-state index in [1.54, 1.807) is 0 Å². The lowest BCUT2D eigenvalue weighted by Gasteiger charge is -2.36. The molecule has 2 heterocycles. The van der Waals surface area contributed by atoms with Gasteiger partial charge in [-0.3, -0.25) is 14.6 Å². The number of rotatable bonds is 5. The van der Waals surface area contributed by atoms with E-state index in [0.717, 1.165) is 52.2 Å². The molecule has 146 valence electrons. The fourth-order valence-corrected chi connectivity index (χ4v) is 4.06. The zero-order chi connectivity index (χ0) is 19.2. The van der Waals surface area contributed by atoms with Crippen molar-refractivity contribution >= 4 is 12.0 Å². The van der Waals surface area contributed by atoms with Gasteiger partial charge in [0.05, 0.1) is 6.54 Å². The van der Waals surface area contributed by atoms with Gasteiger partial charge in [0, 0.05) is 45.8 Å². The van der Waals surface area contributed by atoms with E-state index in [9.17, 15) is 4.79 Å². The van der Waals surface area contributed by atoms with Crippen LogP contribution in [0.4, 0.5) is 0 Å². The van der Waals surface area contributed by atoms with Gasteiger partial charge in [-0.05, 0) is 23.1 Å². The second-order valence-electron chi connectivity index (χ2n) is 7.72. The second kappa shape index (κ2) is 9.18. The van der Waals surface area contributed by atoms with Crippen molar-refractivity contribution in [2.24, 2.45) is 0 Å². The van der Waals surface area contributed by atoms with Gasteiger partial charge >= 0.3 is 0 Å². The number of hydrogen-bond acceptors (Lipinski definition) is 3. The Hall–Kier alpha value is -2.43. The van der Waals surface area contributed by atoms with Crippen molar-refractivity contribution in [2.45, 2.75) is 13.0 Å². The standard InChI is InChI=1S/C24H29N3O/c28-24(20-26-14-12-22-10-4-5-11-23(22)19-26)27-17-15-25(16-18-27)13-6-9-21-7-2-1-3-8-21/h1-11H,12-20H2/b9-6+. The predicted molar refractivity (Wildman–Crippen MR) is 114 cm³/mol. The number of fused-ring (bicyclic) bond motifs is 1.